The summed E-state index contributed by atoms with van der Waals surface area (Å²) in [5.41, 5.74) is 3.28. The molecule has 1 fully saturated rings. The number of nitrogens with one attached hydrogen (secondary N) is 1. The summed E-state index contributed by atoms with van der Waals surface area (Å²) < 4.78 is 13.1. The van der Waals surface area contributed by atoms with Gasteiger partial charge in [0.05, 0.1) is 10.9 Å². The predicted molar refractivity (Wildman–Crippen MR) is 109 cm³/mol. The highest BCUT2D eigenvalue weighted by atomic mass is 32.2. The molecule has 7 heteroatoms. The van der Waals surface area contributed by atoms with Gasteiger partial charge < -0.3 is 19.4 Å². The van der Waals surface area contributed by atoms with Crippen molar-refractivity contribution < 1.29 is 14.3 Å². The molecule has 0 bridgehead atoms. The number of amides is 1. The smallest absolute Gasteiger partial charge is 0.233 e. The van der Waals surface area contributed by atoms with Gasteiger partial charge in [0.15, 0.2) is 16.7 Å². The van der Waals surface area contributed by atoms with Crippen LogP contribution in [0.2, 0.25) is 0 Å². The van der Waals surface area contributed by atoms with Crippen LogP contribution in [0.1, 0.15) is 55.6 Å². The minimum Gasteiger partial charge on any atom is -0.454 e. The molecule has 150 valence electrons. The van der Waals surface area contributed by atoms with E-state index in [-0.39, 0.29) is 18.0 Å². The van der Waals surface area contributed by atoms with Crippen LogP contribution in [-0.2, 0) is 11.3 Å². The van der Waals surface area contributed by atoms with E-state index < -0.39 is 0 Å². The van der Waals surface area contributed by atoms with Crippen molar-refractivity contribution in [3.63, 3.8) is 0 Å². The Morgan fingerprint density at radius 2 is 2.04 bits per heavy atom. The molecule has 1 aromatic carbocycles. The Hall–Kier alpha value is -2.15. The third kappa shape index (κ3) is 3.85. The van der Waals surface area contributed by atoms with Crippen LogP contribution in [0.4, 0.5) is 0 Å². The summed E-state index contributed by atoms with van der Waals surface area (Å²) >= 11 is 1.55. The van der Waals surface area contributed by atoms with Crippen LogP contribution in [0.15, 0.2) is 23.4 Å². The number of thioether (sulfide) groups is 1. The van der Waals surface area contributed by atoms with Gasteiger partial charge in [-0.05, 0) is 51.3 Å². The largest absolute Gasteiger partial charge is 0.454 e. The van der Waals surface area contributed by atoms with E-state index in [0.29, 0.717) is 12.6 Å². The molecular formula is C21H27N3O3S. The number of nitrogens with zero attached hydrogens (tertiary/aromatic N) is 2. The van der Waals surface area contributed by atoms with E-state index in [2.05, 4.69) is 23.7 Å². The summed E-state index contributed by atoms with van der Waals surface area (Å²) in [5.74, 6) is 1.50. The van der Waals surface area contributed by atoms with Crippen molar-refractivity contribution in [1.82, 2.24) is 14.9 Å². The normalized spacial score (nSPS) is 17.1. The maximum absolute atomic E-state index is 12.7. The molecule has 0 radical (unpaired) electrons. The minimum absolute atomic E-state index is 0.0129. The first-order valence-electron chi connectivity index (χ1n) is 9.91. The lowest BCUT2D eigenvalue weighted by atomic mass is 10.2. The van der Waals surface area contributed by atoms with Gasteiger partial charge in [0.1, 0.15) is 0 Å². The standard InChI is InChI=1S/C21H27N3O3S/c1-13-14(2)24(17-6-4-5-7-17)21(23-13)28-15(3)20(25)22-11-16-8-9-18-19(10-16)27-12-26-18/h8-10,15,17H,4-7,11-12H2,1-3H3,(H,22,25)/t15-/m0/s1. The molecule has 4 rings (SSSR count). The summed E-state index contributed by atoms with van der Waals surface area (Å²) in [7, 11) is 0. The zero-order valence-corrected chi connectivity index (χ0v) is 17.5. The lowest BCUT2D eigenvalue weighted by molar-refractivity contribution is -0.120. The highest BCUT2D eigenvalue weighted by Gasteiger charge is 2.25. The minimum atomic E-state index is -0.213. The van der Waals surface area contributed by atoms with Crippen LogP contribution in [0.3, 0.4) is 0 Å². The average Bonchev–Trinajstić information content (AvgIpc) is 3.41. The summed E-state index contributed by atoms with van der Waals surface area (Å²) in [6, 6.07) is 6.27. The molecule has 0 spiro atoms. The number of carbonyl (C=O) groups excluding carboxylic acids is 1. The van der Waals surface area contributed by atoms with Crippen LogP contribution in [0, 0.1) is 13.8 Å². The van der Waals surface area contributed by atoms with E-state index in [0.717, 1.165) is 27.9 Å². The molecule has 2 aliphatic rings. The van der Waals surface area contributed by atoms with Crippen LogP contribution >= 0.6 is 11.8 Å². The molecule has 1 amide bonds. The molecule has 0 saturated heterocycles. The Bertz CT molecular complexity index is 874. The van der Waals surface area contributed by atoms with Crippen LogP contribution in [-0.4, -0.2) is 27.5 Å². The van der Waals surface area contributed by atoms with Crippen molar-refractivity contribution in [2.45, 2.75) is 69.4 Å². The zero-order valence-electron chi connectivity index (χ0n) is 16.7. The number of carbonyl (C=O) groups is 1. The van der Waals surface area contributed by atoms with E-state index in [1.165, 1.54) is 31.4 Å². The average molecular weight is 402 g/mol. The highest BCUT2D eigenvalue weighted by molar-refractivity contribution is 8.00. The van der Waals surface area contributed by atoms with Gasteiger partial charge >= 0.3 is 0 Å². The second-order valence-electron chi connectivity index (χ2n) is 7.54. The summed E-state index contributed by atoms with van der Waals surface area (Å²) in [4.78, 5) is 17.4. The molecule has 6 nitrogen and oxygen atoms in total. The number of aromatic nitrogens is 2. The van der Waals surface area contributed by atoms with Crippen molar-refractivity contribution in [2.24, 2.45) is 0 Å². The van der Waals surface area contributed by atoms with Gasteiger partial charge in [-0.2, -0.15) is 0 Å². The van der Waals surface area contributed by atoms with E-state index >= 15 is 0 Å². The molecule has 2 heterocycles. The maximum atomic E-state index is 12.7. The quantitative estimate of drug-likeness (QED) is 0.737. The topological polar surface area (TPSA) is 65.4 Å². The van der Waals surface area contributed by atoms with E-state index in [1.54, 1.807) is 11.8 Å². The molecule has 1 atom stereocenters. The van der Waals surface area contributed by atoms with E-state index in [4.69, 9.17) is 14.5 Å². The fraction of sp³-hybridized carbons (Fsp3) is 0.524. The van der Waals surface area contributed by atoms with Crippen molar-refractivity contribution in [3.05, 3.63) is 35.2 Å². The monoisotopic (exact) mass is 401 g/mol. The summed E-state index contributed by atoms with van der Waals surface area (Å²) in [6.07, 6.45) is 4.96. The molecule has 1 N–H and O–H groups in total. The first kappa shape index (κ1) is 19.2. The lowest BCUT2D eigenvalue weighted by Gasteiger charge is -2.18. The summed E-state index contributed by atoms with van der Waals surface area (Å²) in [5, 5.41) is 3.78. The Morgan fingerprint density at radius 1 is 1.29 bits per heavy atom. The number of rotatable bonds is 6. The SMILES string of the molecule is Cc1nc(S[C@@H](C)C(=O)NCc2ccc3c(c2)OCO3)n(C2CCCC2)c1C. The van der Waals surface area contributed by atoms with Gasteiger partial charge in [-0.3, -0.25) is 4.79 Å². The summed E-state index contributed by atoms with van der Waals surface area (Å²) in [6.45, 7) is 6.85. The molecule has 28 heavy (non-hydrogen) atoms. The van der Waals surface area contributed by atoms with Gasteiger partial charge in [0.2, 0.25) is 12.7 Å². The number of imidazole rings is 1. The van der Waals surface area contributed by atoms with Crippen molar-refractivity contribution in [3.8, 4) is 11.5 Å². The number of hydrogen-bond donors (Lipinski definition) is 1. The highest BCUT2D eigenvalue weighted by Crippen LogP contribution is 2.36. The van der Waals surface area contributed by atoms with Crippen molar-refractivity contribution >= 4 is 17.7 Å². The van der Waals surface area contributed by atoms with Gasteiger partial charge in [-0.1, -0.05) is 30.7 Å². The molecular weight excluding hydrogens is 374 g/mol. The number of ether oxygens (including phenoxy) is 2. The number of aryl methyl sites for hydroxylation is 1. The molecule has 1 aromatic heterocycles. The Kier molecular flexibility index (Phi) is 5.53. The van der Waals surface area contributed by atoms with Crippen LogP contribution in [0.25, 0.3) is 0 Å². The molecule has 1 aliphatic heterocycles. The molecule has 1 saturated carbocycles. The Labute approximate surface area is 170 Å². The third-order valence-corrected chi connectivity index (χ3v) is 6.67. The number of hydrogen-bond acceptors (Lipinski definition) is 5. The van der Waals surface area contributed by atoms with Gasteiger partial charge in [0, 0.05) is 18.3 Å². The first-order valence-corrected chi connectivity index (χ1v) is 10.8. The van der Waals surface area contributed by atoms with Crippen molar-refractivity contribution in [2.75, 3.05) is 6.79 Å². The Balaban J connectivity index is 1.39. The second-order valence-corrected chi connectivity index (χ2v) is 8.85. The van der Waals surface area contributed by atoms with E-state index in [9.17, 15) is 4.79 Å². The zero-order chi connectivity index (χ0) is 19.7. The fourth-order valence-electron chi connectivity index (χ4n) is 3.87. The lowest BCUT2D eigenvalue weighted by Crippen LogP contribution is -2.30. The first-order chi connectivity index (χ1) is 13.5. The second kappa shape index (κ2) is 8.07. The molecule has 1 aliphatic carbocycles. The molecule has 2 aromatic rings. The van der Waals surface area contributed by atoms with E-state index in [1.807, 2.05) is 25.1 Å². The number of benzene rings is 1. The van der Waals surface area contributed by atoms with Gasteiger partial charge in [-0.15, -0.1) is 0 Å². The van der Waals surface area contributed by atoms with Crippen LogP contribution in [0.5, 0.6) is 11.5 Å². The van der Waals surface area contributed by atoms with Crippen LogP contribution < -0.4 is 14.8 Å². The number of fused-ring (bicyclic) bond motifs is 1. The Morgan fingerprint density at radius 3 is 2.82 bits per heavy atom. The van der Waals surface area contributed by atoms with Crippen molar-refractivity contribution in [1.29, 1.82) is 0 Å². The van der Waals surface area contributed by atoms with Gasteiger partial charge in [0.25, 0.3) is 0 Å². The predicted octanol–water partition coefficient (Wildman–Crippen LogP) is 4.14. The fourth-order valence-corrected chi connectivity index (χ4v) is 4.96. The third-order valence-electron chi connectivity index (χ3n) is 5.60. The maximum Gasteiger partial charge on any atom is 0.233 e. The van der Waals surface area contributed by atoms with Gasteiger partial charge in [-0.25, -0.2) is 4.98 Å². The molecule has 0 unspecified atom stereocenters.